The van der Waals surface area contributed by atoms with E-state index in [0.717, 1.165) is 35.1 Å². The van der Waals surface area contributed by atoms with Crippen molar-refractivity contribution in [3.8, 4) is 11.1 Å². The van der Waals surface area contributed by atoms with Gasteiger partial charge in [0, 0.05) is 5.02 Å². The minimum atomic E-state index is -0.635. The predicted octanol–water partition coefficient (Wildman–Crippen LogP) is 4.34. The number of hydrogen-bond donors (Lipinski definition) is 0. The Hall–Kier alpha value is -1.97. The molecular formula is C22H19ClO3. The topological polar surface area (TPSA) is 43.4 Å². The van der Waals surface area contributed by atoms with Crippen molar-refractivity contribution in [1.82, 2.24) is 0 Å². The Kier molecular flexibility index (Phi) is 3.60. The Morgan fingerprint density at radius 1 is 0.885 bits per heavy atom. The molecule has 2 saturated heterocycles. The fourth-order valence-corrected chi connectivity index (χ4v) is 5.13. The number of aryl methyl sites for hydroxylation is 1. The van der Waals surface area contributed by atoms with E-state index in [-0.39, 0.29) is 35.6 Å². The first-order valence-electron chi connectivity index (χ1n) is 9.14. The molecule has 2 aliphatic heterocycles. The van der Waals surface area contributed by atoms with E-state index in [2.05, 4.69) is 0 Å². The van der Waals surface area contributed by atoms with Crippen molar-refractivity contribution in [3.05, 3.63) is 58.6 Å². The highest BCUT2D eigenvalue weighted by atomic mass is 35.5. The summed E-state index contributed by atoms with van der Waals surface area (Å²) in [5, 5.41) is 0.686. The molecule has 0 amide bonds. The van der Waals surface area contributed by atoms with Gasteiger partial charge in [-0.1, -0.05) is 35.9 Å². The van der Waals surface area contributed by atoms with Crippen LogP contribution in [0.4, 0.5) is 0 Å². The van der Waals surface area contributed by atoms with Gasteiger partial charge in [0.1, 0.15) is 5.92 Å². The van der Waals surface area contributed by atoms with Gasteiger partial charge in [0.15, 0.2) is 11.6 Å². The molecule has 1 unspecified atom stereocenters. The van der Waals surface area contributed by atoms with Crippen molar-refractivity contribution in [2.45, 2.75) is 37.9 Å². The van der Waals surface area contributed by atoms with Crippen LogP contribution in [0.25, 0.3) is 11.1 Å². The number of hydrogen-bond acceptors (Lipinski definition) is 3. The van der Waals surface area contributed by atoms with Crippen molar-refractivity contribution >= 4 is 23.2 Å². The molecule has 3 fully saturated rings. The second-order valence-electron chi connectivity index (χ2n) is 7.66. The molecule has 3 aliphatic rings. The summed E-state index contributed by atoms with van der Waals surface area (Å²) in [7, 11) is 0. The van der Waals surface area contributed by atoms with Gasteiger partial charge in [0.05, 0.1) is 24.0 Å². The summed E-state index contributed by atoms with van der Waals surface area (Å²) < 4.78 is 5.84. The summed E-state index contributed by atoms with van der Waals surface area (Å²) >= 11 is 5.98. The second kappa shape index (κ2) is 5.77. The monoisotopic (exact) mass is 366 g/mol. The third-order valence-electron chi connectivity index (χ3n) is 6.27. The normalized spacial score (nSPS) is 32.3. The van der Waals surface area contributed by atoms with E-state index in [1.807, 2.05) is 49.4 Å². The summed E-state index contributed by atoms with van der Waals surface area (Å²) in [4.78, 5) is 26.2. The third-order valence-corrected chi connectivity index (χ3v) is 6.52. The zero-order valence-corrected chi connectivity index (χ0v) is 15.2. The molecule has 2 bridgehead atoms. The zero-order valence-electron chi connectivity index (χ0n) is 14.4. The van der Waals surface area contributed by atoms with E-state index in [1.165, 1.54) is 0 Å². The first kappa shape index (κ1) is 16.2. The fourth-order valence-electron chi connectivity index (χ4n) is 5.01. The number of rotatable bonds is 2. The first-order valence-corrected chi connectivity index (χ1v) is 9.52. The Labute approximate surface area is 157 Å². The highest BCUT2D eigenvalue weighted by Gasteiger charge is 2.63. The quantitative estimate of drug-likeness (QED) is 0.742. The van der Waals surface area contributed by atoms with Crippen LogP contribution < -0.4 is 0 Å². The molecular weight excluding hydrogens is 348 g/mol. The molecule has 3 nitrogen and oxygen atoms in total. The van der Waals surface area contributed by atoms with Crippen LogP contribution in [-0.2, 0) is 14.3 Å². The lowest BCUT2D eigenvalue weighted by Gasteiger charge is -2.16. The summed E-state index contributed by atoms with van der Waals surface area (Å²) in [5.41, 5.74) is 3.86. The third kappa shape index (κ3) is 2.23. The van der Waals surface area contributed by atoms with Gasteiger partial charge in [0.2, 0.25) is 0 Å². The minimum absolute atomic E-state index is 0.0498. The van der Waals surface area contributed by atoms with Crippen LogP contribution >= 0.6 is 11.6 Å². The van der Waals surface area contributed by atoms with Crippen molar-refractivity contribution in [3.63, 3.8) is 0 Å². The number of carbonyl (C=O) groups is 2. The van der Waals surface area contributed by atoms with Crippen molar-refractivity contribution in [2.75, 3.05) is 0 Å². The van der Waals surface area contributed by atoms with Crippen LogP contribution in [0.1, 0.15) is 29.9 Å². The molecule has 2 heterocycles. The molecule has 1 aliphatic carbocycles. The van der Waals surface area contributed by atoms with Gasteiger partial charge in [-0.05, 0) is 60.2 Å². The lowest BCUT2D eigenvalue weighted by molar-refractivity contribution is -0.127. The number of halogens is 1. The van der Waals surface area contributed by atoms with Crippen molar-refractivity contribution in [2.24, 2.45) is 11.8 Å². The average molecular weight is 367 g/mol. The smallest absolute Gasteiger partial charge is 0.154 e. The van der Waals surface area contributed by atoms with E-state index in [1.54, 1.807) is 0 Å². The number of Topliss-reactive ketones (excluding diaryl/α,β-unsaturated/α-hetero) is 2. The van der Waals surface area contributed by atoms with Crippen LogP contribution in [0.15, 0.2) is 42.5 Å². The Bertz CT molecular complexity index is 889. The summed E-state index contributed by atoms with van der Waals surface area (Å²) in [5.74, 6) is -0.981. The number of carbonyl (C=O) groups excluding carboxylic acids is 2. The fraction of sp³-hybridized carbons (Fsp3) is 0.364. The van der Waals surface area contributed by atoms with Gasteiger partial charge >= 0.3 is 0 Å². The molecule has 5 atom stereocenters. The Balaban J connectivity index is 1.56. The molecule has 2 aromatic carbocycles. The molecule has 4 heteroatoms. The van der Waals surface area contributed by atoms with E-state index in [0.29, 0.717) is 5.02 Å². The number of benzene rings is 2. The minimum Gasteiger partial charge on any atom is -0.373 e. The predicted molar refractivity (Wildman–Crippen MR) is 99.3 cm³/mol. The molecule has 0 N–H and O–H groups in total. The maximum Gasteiger partial charge on any atom is 0.154 e. The molecule has 5 rings (SSSR count). The lowest BCUT2D eigenvalue weighted by atomic mass is 9.81. The van der Waals surface area contributed by atoms with Gasteiger partial charge in [-0.2, -0.15) is 0 Å². The first-order chi connectivity index (χ1) is 12.5. The van der Waals surface area contributed by atoms with Crippen molar-refractivity contribution in [1.29, 1.82) is 0 Å². The molecule has 0 radical (unpaired) electrons. The van der Waals surface area contributed by atoms with Gasteiger partial charge < -0.3 is 4.74 Å². The molecule has 2 aromatic rings. The van der Waals surface area contributed by atoms with E-state index in [9.17, 15) is 9.59 Å². The molecule has 0 aromatic heterocycles. The van der Waals surface area contributed by atoms with Gasteiger partial charge in [-0.15, -0.1) is 0 Å². The van der Waals surface area contributed by atoms with Gasteiger partial charge in [-0.25, -0.2) is 0 Å². The molecule has 132 valence electrons. The number of ketones is 2. The van der Waals surface area contributed by atoms with Crippen LogP contribution in [0.5, 0.6) is 0 Å². The molecule has 1 saturated carbocycles. The summed E-state index contributed by atoms with van der Waals surface area (Å²) in [6.45, 7) is 1.97. The van der Waals surface area contributed by atoms with Crippen LogP contribution in [0.2, 0.25) is 5.02 Å². The number of ether oxygens (including phenoxy) is 1. The highest BCUT2D eigenvalue weighted by molar-refractivity contribution is 6.30. The average Bonchev–Trinajstić information content (AvgIpc) is 3.31. The molecule has 0 spiro atoms. The Morgan fingerprint density at radius 2 is 1.46 bits per heavy atom. The Morgan fingerprint density at radius 3 is 2.08 bits per heavy atom. The zero-order chi connectivity index (χ0) is 18.0. The largest absolute Gasteiger partial charge is 0.373 e. The molecule has 26 heavy (non-hydrogen) atoms. The summed E-state index contributed by atoms with van der Waals surface area (Å²) in [6, 6.07) is 13.6. The van der Waals surface area contributed by atoms with Gasteiger partial charge in [-0.3, -0.25) is 9.59 Å². The maximum atomic E-state index is 13.1. The van der Waals surface area contributed by atoms with E-state index in [4.69, 9.17) is 16.3 Å². The van der Waals surface area contributed by atoms with Crippen LogP contribution in [0.3, 0.4) is 0 Å². The lowest BCUT2D eigenvalue weighted by Crippen LogP contribution is -2.29. The maximum absolute atomic E-state index is 13.1. The van der Waals surface area contributed by atoms with E-state index >= 15 is 0 Å². The van der Waals surface area contributed by atoms with Crippen molar-refractivity contribution < 1.29 is 14.3 Å². The van der Waals surface area contributed by atoms with E-state index < -0.39 is 5.92 Å². The summed E-state index contributed by atoms with van der Waals surface area (Å²) in [6.07, 6.45) is 1.71. The van der Waals surface area contributed by atoms with Gasteiger partial charge in [0.25, 0.3) is 0 Å². The standard InChI is InChI=1S/C22H19ClO3/c1-11-2-3-13(12-4-6-14(23)7-5-12)10-15(11)18-21(24)19-16-8-9-17(26-16)20(19)22(18)25/h2-7,10,16-20H,8-9H2,1H3/t16-,17-,18?,19-,20+/m1/s1. The second-order valence-corrected chi connectivity index (χ2v) is 8.09. The number of fused-ring (bicyclic) bond motifs is 5. The van der Waals surface area contributed by atoms with Crippen LogP contribution in [0, 0.1) is 18.8 Å². The highest BCUT2D eigenvalue weighted by Crippen LogP contribution is 2.52. The van der Waals surface area contributed by atoms with Crippen LogP contribution in [-0.4, -0.2) is 23.8 Å². The SMILES string of the molecule is Cc1ccc(-c2ccc(Cl)cc2)cc1C1C(=O)[C@@H]2[C@H](C1=O)[C@H]1CC[C@H]2O1.